The monoisotopic (exact) mass is 185 g/mol. The molecule has 2 atom stereocenters. The molecule has 78 valence electrons. The van der Waals surface area contributed by atoms with E-state index in [1.165, 1.54) is 0 Å². The van der Waals surface area contributed by atoms with Gasteiger partial charge in [0.2, 0.25) is 0 Å². The quantitative estimate of drug-likeness (QED) is 0.621. The molecule has 1 aliphatic heterocycles. The summed E-state index contributed by atoms with van der Waals surface area (Å²) in [6, 6.07) is 0. The third-order valence-electron chi connectivity index (χ3n) is 2.73. The lowest BCUT2D eigenvalue weighted by Gasteiger charge is -2.44. The van der Waals surface area contributed by atoms with Crippen molar-refractivity contribution in [2.45, 2.75) is 58.8 Å². The SMILES string of the molecule is CC[C@@H]1CN(C(C)(C)C)C[C@@H](C)O1. The van der Waals surface area contributed by atoms with Gasteiger partial charge in [0.05, 0.1) is 12.2 Å². The molecule has 0 amide bonds. The normalized spacial score (nSPS) is 32.1. The molecule has 0 spiro atoms. The standard InChI is InChI=1S/C11H23NO/c1-6-10-8-12(11(3,4)5)7-9(2)13-10/h9-10H,6-8H2,1-5H3/t9-,10-/m1/s1. The van der Waals surface area contributed by atoms with Crippen LogP contribution in [0.15, 0.2) is 0 Å². The van der Waals surface area contributed by atoms with Gasteiger partial charge in [-0.15, -0.1) is 0 Å². The van der Waals surface area contributed by atoms with Gasteiger partial charge in [-0.25, -0.2) is 0 Å². The van der Waals surface area contributed by atoms with E-state index >= 15 is 0 Å². The molecule has 0 aromatic heterocycles. The molecule has 2 heteroatoms. The molecule has 0 unspecified atom stereocenters. The van der Waals surface area contributed by atoms with Crippen LogP contribution in [0.5, 0.6) is 0 Å². The third-order valence-corrected chi connectivity index (χ3v) is 2.73. The molecule has 13 heavy (non-hydrogen) atoms. The van der Waals surface area contributed by atoms with Crippen LogP contribution in [0.4, 0.5) is 0 Å². The van der Waals surface area contributed by atoms with Crippen molar-refractivity contribution in [3.8, 4) is 0 Å². The molecule has 0 aliphatic carbocycles. The lowest BCUT2D eigenvalue weighted by molar-refractivity contribution is -0.101. The maximum absolute atomic E-state index is 5.82. The lowest BCUT2D eigenvalue weighted by Crippen LogP contribution is -2.53. The molecule has 0 bridgehead atoms. The summed E-state index contributed by atoms with van der Waals surface area (Å²) in [7, 11) is 0. The lowest BCUT2D eigenvalue weighted by atomic mass is 10.0. The average molecular weight is 185 g/mol. The zero-order chi connectivity index (χ0) is 10.1. The molecule has 1 fully saturated rings. The van der Waals surface area contributed by atoms with Gasteiger partial charge in [0.1, 0.15) is 0 Å². The molecule has 1 saturated heterocycles. The van der Waals surface area contributed by atoms with E-state index in [1.54, 1.807) is 0 Å². The second-order valence-electron chi connectivity index (χ2n) is 5.05. The predicted molar refractivity (Wildman–Crippen MR) is 56.0 cm³/mol. The van der Waals surface area contributed by atoms with E-state index in [0.717, 1.165) is 19.5 Å². The first kappa shape index (κ1) is 11.0. The maximum Gasteiger partial charge on any atom is 0.0703 e. The maximum atomic E-state index is 5.82. The van der Waals surface area contributed by atoms with Gasteiger partial charge < -0.3 is 4.74 Å². The van der Waals surface area contributed by atoms with Crippen LogP contribution in [0.25, 0.3) is 0 Å². The van der Waals surface area contributed by atoms with Gasteiger partial charge in [-0.2, -0.15) is 0 Å². The number of morpholine rings is 1. The highest BCUT2D eigenvalue weighted by Gasteiger charge is 2.30. The molecular formula is C11H23NO. The molecule has 0 radical (unpaired) electrons. The molecule has 0 N–H and O–H groups in total. The van der Waals surface area contributed by atoms with E-state index in [4.69, 9.17) is 4.74 Å². The minimum Gasteiger partial charge on any atom is -0.373 e. The first-order chi connectivity index (χ1) is 5.93. The zero-order valence-electron chi connectivity index (χ0n) is 9.63. The first-order valence-corrected chi connectivity index (χ1v) is 5.34. The highest BCUT2D eigenvalue weighted by atomic mass is 16.5. The minimum atomic E-state index is 0.283. The summed E-state index contributed by atoms with van der Waals surface area (Å²) < 4.78 is 5.82. The van der Waals surface area contributed by atoms with Crippen molar-refractivity contribution in [2.24, 2.45) is 0 Å². The molecular weight excluding hydrogens is 162 g/mol. The molecule has 2 nitrogen and oxygen atoms in total. The van der Waals surface area contributed by atoms with E-state index in [-0.39, 0.29) is 5.54 Å². The van der Waals surface area contributed by atoms with E-state index in [0.29, 0.717) is 12.2 Å². The fourth-order valence-corrected chi connectivity index (χ4v) is 1.82. The van der Waals surface area contributed by atoms with Crippen molar-refractivity contribution in [1.29, 1.82) is 0 Å². The number of nitrogens with zero attached hydrogens (tertiary/aromatic N) is 1. The summed E-state index contributed by atoms with van der Waals surface area (Å²) in [5.74, 6) is 0. The summed E-state index contributed by atoms with van der Waals surface area (Å²) in [5.41, 5.74) is 0.283. The van der Waals surface area contributed by atoms with Crippen molar-refractivity contribution in [2.75, 3.05) is 13.1 Å². The van der Waals surface area contributed by atoms with Crippen LogP contribution in [-0.4, -0.2) is 35.7 Å². The van der Waals surface area contributed by atoms with Crippen molar-refractivity contribution >= 4 is 0 Å². The van der Waals surface area contributed by atoms with Crippen molar-refractivity contribution in [3.05, 3.63) is 0 Å². The van der Waals surface area contributed by atoms with Gasteiger partial charge >= 0.3 is 0 Å². The Morgan fingerprint density at radius 1 is 1.31 bits per heavy atom. The Morgan fingerprint density at radius 3 is 2.38 bits per heavy atom. The molecule has 1 rings (SSSR count). The Hall–Kier alpha value is -0.0800. The summed E-state index contributed by atoms with van der Waals surface area (Å²) >= 11 is 0. The molecule has 0 saturated carbocycles. The van der Waals surface area contributed by atoms with Crippen LogP contribution in [0.1, 0.15) is 41.0 Å². The zero-order valence-corrected chi connectivity index (χ0v) is 9.63. The van der Waals surface area contributed by atoms with E-state index in [1.807, 2.05) is 0 Å². The van der Waals surface area contributed by atoms with Gasteiger partial charge in [0.25, 0.3) is 0 Å². The average Bonchev–Trinajstić information content (AvgIpc) is 2.01. The number of hydrogen-bond donors (Lipinski definition) is 0. The van der Waals surface area contributed by atoms with E-state index in [9.17, 15) is 0 Å². The highest BCUT2D eigenvalue weighted by molar-refractivity contribution is 4.83. The number of ether oxygens (including phenoxy) is 1. The predicted octanol–water partition coefficient (Wildman–Crippen LogP) is 2.28. The fourth-order valence-electron chi connectivity index (χ4n) is 1.82. The van der Waals surface area contributed by atoms with Crippen molar-refractivity contribution in [3.63, 3.8) is 0 Å². The Balaban J connectivity index is 2.57. The fraction of sp³-hybridized carbons (Fsp3) is 1.00. The Morgan fingerprint density at radius 2 is 1.92 bits per heavy atom. The summed E-state index contributed by atoms with van der Waals surface area (Å²) in [6.07, 6.45) is 1.94. The second-order valence-corrected chi connectivity index (χ2v) is 5.05. The van der Waals surface area contributed by atoms with Gasteiger partial charge in [-0.1, -0.05) is 6.92 Å². The van der Waals surface area contributed by atoms with Crippen LogP contribution in [0.2, 0.25) is 0 Å². The summed E-state index contributed by atoms with van der Waals surface area (Å²) in [6.45, 7) is 13.3. The van der Waals surface area contributed by atoms with Crippen LogP contribution in [0.3, 0.4) is 0 Å². The van der Waals surface area contributed by atoms with Gasteiger partial charge in [0, 0.05) is 18.6 Å². The van der Waals surface area contributed by atoms with Crippen LogP contribution in [-0.2, 0) is 4.74 Å². The highest BCUT2D eigenvalue weighted by Crippen LogP contribution is 2.21. The van der Waals surface area contributed by atoms with Crippen molar-refractivity contribution < 1.29 is 4.74 Å². The minimum absolute atomic E-state index is 0.283. The van der Waals surface area contributed by atoms with Gasteiger partial charge in [0.15, 0.2) is 0 Å². The molecule has 0 aromatic rings. The molecule has 0 aromatic carbocycles. The first-order valence-electron chi connectivity index (χ1n) is 5.34. The van der Waals surface area contributed by atoms with Crippen LogP contribution >= 0.6 is 0 Å². The third kappa shape index (κ3) is 2.96. The Bertz CT molecular complexity index is 162. The van der Waals surface area contributed by atoms with Gasteiger partial charge in [-0.3, -0.25) is 4.90 Å². The van der Waals surface area contributed by atoms with E-state index < -0.39 is 0 Å². The molecule has 1 aliphatic rings. The van der Waals surface area contributed by atoms with Gasteiger partial charge in [-0.05, 0) is 34.1 Å². The topological polar surface area (TPSA) is 12.5 Å². The second kappa shape index (κ2) is 3.97. The molecule has 1 heterocycles. The smallest absolute Gasteiger partial charge is 0.0703 e. The Labute approximate surface area is 82.3 Å². The van der Waals surface area contributed by atoms with Crippen molar-refractivity contribution in [1.82, 2.24) is 4.90 Å². The van der Waals surface area contributed by atoms with Crippen LogP contribution < -0.4 is 0 Å². The summed E-state index contributed by atoms with van der Waals surface area (Å²) in [4.78, 5) is 2.52. The van der Waals surface area contributed by atoms with Crippen LogP contribution in [0, 0.1) is 0 Å². The Kier molecular flexibility index (Phi) is 3.36. The number of hydrogen-bond acceptors (Lipinski definition) is 2. The number of rotatable bonds is 1. The van der Waals surface area contributed by atoms with E-state index in [2.05, 4.69) is 39.5 Å². The largest absolute Gasteiger partial charge is 0.373 e. The summed E-state index contributed by atoms with van der Waals surface area (Å²) in [5, 5.41) is 0.